The highest BCUT2D eigenvalue weighted by atomic mass is 16.5. The van der Waals surface area contributed by atoms with Crippen molar-refractivity contribution in [1.82, 2.24) is 5.32 Å². The van der Waals surface area contributed by atoms with Crippen molar-refractivity contribution in [3.8, 4) is 5.75 Å². The second-order valence-electron chi connectivity index (χ2n) is 7.71. The number of amides is 4. The highest BCUT2D eigenvalue weighted by Gasteiger charge is 2.16. The predicted molar refractivity (Wildman–Crippen MR) is 132 cm³/mol. The molecule has 0 radical (unpaired) electrons. The molecule has 4 amide bonds. The fourth-order valence-electron chi connectivity index (χ4n) is 3.47. The molecule has 0 saturated heterocycles. The van der Waals surface area contributed by atoms with Gasteiger partial charge in [0.25, 0.3) is 0 Å². The van der Waals surface area contributed by atoms with Gasteiger partial charge in [-0.1, -0.05) is 42.5 Å². The van der Waals surface area contributed by atoms with Crippen LogP contribution in [0.4, 0.5) is 21.0 Å². The first kappa shape index (κ1) is 24.6. The normalized spacial score (nSPS) is 11.6. The number of hydrogen-bond acceptors (Lipinski definition) is 5. The molecule has 0 aliphatic heterocycles. The van der Waals surface area contributed by atoms with Crippen LogP contribution >= 0.6 is 0 Å². The van der Waals surface area contributed by atoms with Crippen LogP contribution < -0.4 is 32.2 Å². The number of urea groups is 2. The van der Waals surface area contributed by atoms with E-state index in [1.54, 1.807) is 24.3 Å². The molecule has 0 unspecified atom stereocenters. The molecule has 3 aromatic carbocycles. The molecule has 178 valence electrons. The minimum atomic E-state index is -0.690. The quantitative estimate of drug-likeness (QED) is 0.258. The monoisotopic (exact) mass is 463 g/mol. The molecule has 0 spiro atoms. The van der Waals surface area contributed by atoms with Crippen LogP contribution in [0.25, 0.3) is 0 Å². The fraction of sp³-hybridized carbons (Fsp3) is 0.200. The molecular formula is C25H29N5O4. The van der Waals surface area contributed by atoms with Crippen LogP contribution in [0.15, 0.2) is 78.9 Å². The van der Waals surface area contributed by atoms with E-state index in [0.29, 0.717) is 30.2 Å². The van der Waals surface area contributed by atoms with E-state index in [2.05, 4.69) is 16.0 Å². The molecule has 0 aliphatic carbocycles. The number of para-hydroxylation sites is 1. The molecule has 3 aromatic rings. The smallest absolute Gasteiger partial charge is 0.316 e. The maximum absolute atomic E-state index is 11.1. The molecule has 0 bridgehead atoms. The van der Waals surface area contributed by atoms with Gasteiger partial charge in [0.05, 0.1) is 0 Å². The van der Waals surface area contributed by atoms with E-state index in [1.165, 1.54) is 0 Å². The molecule has 3 rings (SSSR count). The third-order valence-electron chi connectivity index (χ3n) is 5.08. The number of aliphatic hydroxyl groups excluding tert-OH is 1. The van der Waals surface area contributed by atoms with Crippen molar-refractivity contribution in [3.63, 3.8) is 0 Å². The Labute approximate surface area is 198 Å². The second-order valence-corrected chi connectivity index (χ2v) is 7.71. The number of benzene rings is 3. The van der Waals surface area contributed by atoms with Crippen LogP contribution in [-0.4, -0.2) is 43.0 Å². The van der Waals surface area contributed by atoms with E-state index in [0.717, 1.165) is 11.1 Å². The largest absolute Gasteiger partial charge is 0.491 e. The first-order valence-corrected chi connectivity index (χ1v) is 10.8. The molecular weight excluding hydrogens is 434 g/mol. The van der Waals surface area contributed by atoms with Gasteiger partial charge >= 0.3 is 12.1 Å². The highest BCUT2D eigenvalue weighted by Crippen LogP contribution is 2.26. The molecule has 0 aliphatic rings. The Bertz CT molecular complexity index is 999. The second kappa shape index (κ2) is 12.2. The summed E-state index contributed by atoms with van der Waals surface area (Å²) in [6.45, 7) is 1.04. The van der Waals surface area contributed by atoms with E-state index in [4.69, 9.17) is 16.2 Å². The minimum absolute atomic E-state index is 0.0625. The van der Waals surface area contributed by atoms with Crippen LogP contribution in [0.2, 0.25) is 0 Å². The topological polar surface area (TPSA) is 152 Å². The van der Waals surface area contributed by atoms with Crippen molar-refractivity contribution < 1.29 is 19.4 Å². The van der Waals surface area contributed by atoms with E-state index in [9.17, 15) is 14.7 Å². The summed E-state index contributed by atoms with van der Waals surface area (Å²) in [7, 11) is 0. The lowest BCUT2D eigenvalue weighted by Crippen LogP contribution is -2.34. The van der Waals surface area contributed by atoms with E-state index in [-0.39, 0.29) is 12.5 Å². The standard InChI is InChI=1S/C25H29N5O4/c26-24(32)29-19-10-6-17(7-11-19)23(18-8-12-20(13-9-18)30-25(27)33)15-28-14-21(31)16-34-22-4-2-1-3-5-22/h1-13,21,23,28,31H,14-16H2,(H3,26,29,32)(H3,27,30,33)/t21-/m0/s1. The molecule has 9 nitrogen and oxygen atoms in total. The van der Waals surface area contributed by atoms with Crippen molar-refractivity contribution in [1.29, 1.82) is 0 Å². The number of nitrogens with one attached hydrogen (secondary N) is 3. The van der Waals surface area contributed by atoms with Crippen LogP contribution in [-0.2, 0) is 0 Å². The average molecular weight is 464 g/mol. The van der Waals surface area contributed by atoms with Gasteiger partial charge in [-0.2, -0.15) is 0 Å². The van der Waals surface area contributed by atoms with Crippen molar-refractivity contribution in [2.24, 2.45) is 11.5 Å². The number of hydrogen-bond donors (Lipinski definition) is 6. The highest BCUT2D eigenvalue weighted by molar-refractivity contribution is 5.88. The zero-order valence-corrected chi connectivity index (χ0v) is 18.6. The molecule has 0 heterocycles. The first-order chi connectivity index (χ1) is 16.4. The van der Waals surface area contributed by atoms with Crippen LogP contribution in [0.3, 0.4) is 0 Å². The van der Waals surface area contributed by atoms with Crippen molar-refractivity contribution in [2.75, 3.05) is 30.3 Å². The summed E-state index contributed by atoms with van der Waals surface area (Å²) in [6.07, 6.45) is -0.690. The zero-order valence-electron chi connectivity index (χ0n) is 18.6. The van der Waals surface area contributed by atoms with Crippen molar-refractivity contribution in [2.45, 2.75) is 12.0 Å². The van der Waals surface area contributed by atoms with Gasteiger partial charge < -0.3 is 37.3 Å². The molecule has 0 saturated carbocycles. The summed E-state index contributed by atoms with van der Waals surface area (Å²) < 4.78 is 5.60. The molecule has 9 heteroatoms. The molecule has 34 heavy (non-hydrogen) atoms. The van der Waals surface area contributed by atoms with E-state index >= 15 is 0 Å². The Kier molecular flexibility index (Phi) is 8.84. The van der Waals surface area contributed by atoms with Gasteiger partial charge in [-0.3, -0.25) is 0 Å². The maximum atomic E-state index is 11.1. The van der Waals surface area contributed by atoms with Crippen LogP contribution in [0, 0.1) is 0 Å². The molecule has 0 aromatic heterocycles. The Morgan fingerprint density at radius 3 is 1.74 bits per heavy atom. The number of aliphatic hydroxyl groups is 1. The van der Waals surface area contributed by atoms with Crippen LogP contribution in [0.5, 0.6) is 5.75 Å². The van der Waals surface area contributed by atoms with E-state index in [1.807, 2.05) is 54.6 Å². The van der Waals surface area contributed by atoms with Crippen molar-refractivity contribution >= 4 is 23.4 Å². The third kappa shape index (κ3) is 7.80. The Morgan fingerprint density at radius 2 is 1.26 bits per heavy atom. The van der Waals surface area contributed by atoms with Gasteiger partial charge in [-0.25, -0.2) is 9.59 Å². The average Bonchev–Trinajstić information content (AvgIpc) is 2.82. The molecule has 8 N–H and O–H groups in total. The van der Waals surface area contributed by atoms with Gasteiger partial charge in [0.1, 0.15) is 18.5 Å². The summed E-state index contributed by atoms with van der Waals surface area (Å²) in [5, 5.41) is 18.7. The maximum Gasteiger partial charge on any atom is 0.316 e. The number of nitrogens with two attached hydrogens (primary N) is 2. The van der Waals surface area contributed by atoms with Gasteiger partial charge in [-0.05, 0) is 47.5 Å². The Balaban J connectivity index is 1.66. The third-order valence-corrected chi connectivity index (χ3v) is 5.08. The number of primary amides is 2. The zero-order chi connectivity index (χ0) is 24.3. The fourth-order valence-corrected chi connectivity index (χ4v) is 3.47. The summed E-state index contributed by atoms with van der Waals surface area (Å²) in [5.74, 6) is 0.640. The van der Waals surface area contributed by atoms with Gasteiger partial charge in [-0.15, -0.1) is 0 Å². The summed E-state index contributed by atoms with van der Waals surface area (Å²) in [6, 6.07) is 22.8. The van der Waals surface area contributed by atoms with Crippen LogP contribution in [0.1, 0.15) is 17.0 Å². The minimum Gasteiger partial charge on any atom is -0.491 e. The van der Waals surface area contributed by atoms with Gasteiger partial charge in [0.2, 0.25) is 0 Å². The number of carbonyl (C=O) groups is 2. The lowest BCUT2D eigenvalue weighted by Gasteiger charge is -2.21. The van der Waals surface area contributed by atoms with Crippen molar-refractivity contribution in [3.05, 3.63) is 90.0 Å². The number of anilines is 2. The molecule has 0 fully saturated rings. The molecule has 1 atom stereocenters. The first-order valence-electron chi connectivity index (χ1n) is 10.8. The van der Waals surface area contributed by atoms with Gasteiger partial charge in [0.15, 0.2) is 0 Å². The lowest BCUT2D eigenvalue weighted by atomic mass is 9.91. The SMILES string of the molecule is NC(=O)Nc1ccc(C(CNC[C@H](O)COc2ccccc2)c2ccc(NC(N)=O)cc2)cc1. The number of carbonyl (C=O) groups excluding carboxylic acids is 2. The number of ether oxygens (including phenoxy) is 1. The number of rotatable bonds is 11. The predicted octanol–water partition coefficient (Wildman–Crippen LogP) is 2.83. The summed E-state index contributed by atoms with van der Waals surface area (Å²) >= 11 is 0. The Hall–Kier alpha value is -4.08. The summed E-state index contributed by atoms with van der Waals surface area (Å²) in [5.41, 5.74) is 13.5. The van der Waals surface area contributed by atoms with E-state index < -0.39 is 18.2 Å². The Morgan fingerprint density at radius 1 is 0.765 bits per heavy atom. The lowest BCUT2D eigenvalue weighted by molar-refractivity contribution is 0.106. The summed E-state index contributed by atoms with van der Waals surface area (Å²) in [4.78, 5) is 22.2. The van der Waals surface area contributed by atoms with Gasteiger partial charge in [0, 0.05) is 30.4 Å².